The Hall–Kier alpha value is -1.07. The van der Waals surface area contributed by atoms with Crippen LogP contribution >= 0.6 is 12.4 Å². The van der Waals surface area contributed by atoms with E-state index in [9.17, 15) is 8.78 Å². The monoisotopic (exact) mass is 225 g/mol. The lowest BCUT2D eigenvalue weighted by atomic mass is 10.1. The van der Waals surface area contributed by atoms with Crippen molar-refractivity contribution in [3.63, 3.8) is 0 Å². The summed E-state index contributed by atoms with van der Waals surface area (Å²) in [7, 11) is 0. The van der Waals surface area contributed by atoms with E-state index in [1.165, 1.54) is 18.2 Å². The van der Waals surface area contributed by atoms with Gasteiger partial charge in [0.15, 0.2) is 11.5 Å². The Balaban J connectivity index is 0.00000169. The Bertz CT molecular complexity index is 309. The third kappa shape index (κ3) is 2.46. The van der Waals surface area contributed by atoms with Gasteiger partial charge in [0.25, 0.3) is 6.43 Å². The second-order valence-electron chi connectivity index (χ2n) is 2.58. The van der Waals surface area contributed by atoms with Crippen LogP contribution in [0.1, 0.15) is 11.6 Å². The number of aromatic hydroxyl groups is 2. The number of rotatable bonds is 2. The molecule has 0 saturated carbocycles. The van der Waals surface area contributed by atoms with E-state index in [2.05, 4.69) is 0 Å². The second-order valence-corrected chi connectivity index (χ2v) is 2.58. The molecule has 0 spiro atoms. The van der Waals surface area contributed by atoms with Crippen LogP contribution in [0.5, 0.6) is 11.5 Å². The van der Waals surface area contributed by atoms with Crippen molar-refractivity contribution >= 4 is 12.4 Å². The molecule has 0 radical (unpaired) electrons. The SMILES string of the molecule is Cl.N[C@@H](c1cccc(O)c1O)C(F)F. The van der Waals surface area contributed by atoms with E-state index in [0.717, 1.165) is 0 Å². The Morgan fingerprint density at radius 1 is 1.21 bits per heavy atom. The topological polar surface area (TPSA) is 66.5 Å². The first-order chi connectivity index (χ1) is 6.04. The summed E-state index contributed by atoms with van der Waals surface area (Å²) >= 11 is 0. The van der Waals surface area contributed by atoms with E-state index < -0.39 is 24.0 Å². The molecule has 4 N–H and O–H groups in total. The van der Waals surface area contributed by atoms with Crippen LogP contribution in [-0.2, 0) is 0 Å². The van der Waals surface area contributed by atoms with Crippen LogP contribution in [0.25, 0.3) is 0 Å². The van der Waals surface area contributed by atoms with Gasteiger partial charge >= 0.3 is 0 Å². The molecule has 6 heteroatoms. The molecule has 0 aliphatic carbocycles. The molecule has 0 aliphatic rings. The minimum absolute atomic E-state index is 0. The molecule has 0 bridgehead atoms. The van der Waals surface area contributed by atoms with Crippen molar-refractivity contribution in [3.8, 4) is 11.5 Å². The molecule has 14 heavy (non-hydrogen) atoms. The molecule has 0 heterocycles. The van der Waals surface area contributed by atoms with Gasteiger partial charge in [-0.25, -0.2) is 8.78 Å². The fraction of sp³-hybridized carbons (Fsp3) is 0.250. The summed E-state index contributed by atoms with van der Waals surface area (Å²) in [5.41, 5.74) is 4.93. The van der Waals surface area contributed by atoms with Crippen LogP contribution in [0.4, 0.5) is 8.78 Å². The number of phenols is 2. The molecule has 0 saturated heterocycles. The molecular formula is C8H10ClF2NO2. The van der Waals surface area contributed by atoms with E-state index in [-0.39, 0.29) is 18.0 Å². The van der Waals surface area contributed by atoms with E-state index in [1.54, 1.807) is 0 Å². The first-order valence-electron chi connectivity index (χ1n) is 3.58. The van der Waals surface area contributed by atoms with Crippen LogP contribution in [0.2, 0.25) is 0 Å². The molecule has 0 fully saturated rings. The van der Waals surface area contributed by atoms with Crippen LogP contribution in [0.15, 0.2) is 18.2 Å². The number of benzene rings is 1. The standard InChI is InChI=1S/C8H9F2NO2.ClH/c9-8(10)6(11)4-2-1-3-5(12)7(4)13;/h1-3,6,8,12-13H,11H2;1H/t6-;/m0./s1. The highest BCUT2D eigenvalue weighted by atomic mass is 35.5. The molecule has 1 rings (SSSR count). The first-order valence-corrected chi connectivity index (χ1v) is 3.58. The lowest BCUT2D eigenvalue weighted by Gasteiger charge is -2.12. The van der Waals surface area contributed by atoms with Gasteiger partial charge in [-0.3, -0.25) is 0 Å². The van der Waals surface area contributed by atoms with Crippen LogP contribution < -0.4 is 5.73 Å². The largest absolute Gasteiger partial charge is 0.504 e. The Morgan fingerprint density at radius 2 is 1.79 bits per heavy atom. The van der Waals surface area contributed by atoms with E-state index in [0.29, 0.717) is 0 Å². The van der Waals surface area contributed by atoms with Gasteiger partial charge in [-0.05, 0) is 6.07 Å². The summed E-state index contributed by atoms with van der Waals surface area (Å²) in [6, 6.07) is 2.20. The van der Waals surface area contributed by atoms with Gasteiger partial charge in [-0.2, -0.15) is 0 Å². The highest BCUT2D eigenvalue weighted by Gasteiger charge is 2.21. The van der Waals surface area contributed by atoms with Crippen molar-refractivity contribution in [2.75, 3.05) is 0 Å². The zero-order valence-corrected chi connectivity index (χ0v) is 7.84. The third-order valence-electron chi connectivity index (χ3n) is 1.68. The maximum atomic E-state index is 12.1. The average Bonchev–Trinajstić information content (AvgIpc) is 2.08. The van der Waals surface area contributed by atoms with E-state index in [4.69, 9.17) is 15.9 Å². The van der Waals surface area contributed by atoms with Crippen LogP contribution in [0.3, 0.4) is 0 Å². The third-order valence-corrected chi connectivity index (χ3v) is 1.68. The van der Waals surface area contributed by atoms with Crippen molar-refractivity contribution in [2.24, 2.45) is 5.73 Å². The first kappa shape index (κ1) is 12.9. The number of phenolic OH excluding ortho intramolecular Hbond substituents is 2. The highest BCUT2D eigenvalue weighted by Crippen LogP contribution is 2.33. The zero-order chi connectivity index (χ0) is 10.0. The van der Waals surface area contributed by atoms with Gasteiger partial charge in [-0.1, -0.05) is 12.1 Å². The van der Waals surface area contributed by atoms with Crippen molar-refractivity contribution in [1.29, 1.82) is 0 Å². The molecule has 0 unspecified atom stereocenters. The normalized spacial score (nSPS) is 12.3. The fourth-order valence-electron chi connectivity index (χ4n) is 0.953. The highest BCUT2D eigenvalue weighted by molar-refractivity contribution is 5.85. The van der Waals surface area contributed by atoms with Gasteiger partial charge in [0, 0.05) is 5.56 Å². The molecule has 1 aromatic rings. The van der Waals surface area contributed by atoms with E-state index >= 15 is 0 Å². The van der Waals surface area contributed by atoms with E-state index in [1.807, 2.05) is 0 Å². The number of nitrogens with two attached hydrogens (primary N) is 1. The van der Waals surface area contributed by atoms with Gasteiger partial charge in [-0.15, -0.1) is 12.4 Å². The van der Waals surface area contributed by atoms with Gasteiger partial charge in [0.05, 0.1) is 6.04 Å². The Labute approximate surface area is 85.6 Å². The lowest BCUT2D eigenvalue weighted by molar-refractivity contribution is 0.115. The van der Waals surface area contributed by atoms with Gasteiger partial charge in [0.2, 0.25) is 0 Å². The summed E-state index contributed by atoms with van der Waals surface area (Å²) in [4.78, 5) is 0. The quantitative estimate of drug-likeness (QED) is 0.673. The number of alkyl halides is 2. The number of halogens is 3. The number of hydrogen-bond acceptors (Lipinski definition) is 3. The molecule has 0 aromatic heterocycles. The van der Waals surface area contributed by atoms with Crippen molar-refractivity contribution < 1.29 is 19.0 Å². The van der Waals surface area contributed by atoms with Gasteiger partial charge < -0.3 is 15.9 Å². The van der Waals surface area contributed by atoms with Crippen molar-refractivity contribution in [2.45, 2.75) is 12.5 Å². The summed E-state index contributed by atoms with van der Waals surface area (Å²) in [6.07, 6.45) is -2.77. The molecule has 1 aromatic carbocycles. The Morgan fingerprint density at radius 3 is 2.29 bits per heavy atom. The minimum Gasteiger partial charge on any atom is -0.504 e. The van der Waals surface area contributed by atoms with Gasteiger partial charge in [0.1, 0.15) is 0 Å². The molecular weight excluding hydrogens is 216 g/mol. The van der Waals surface area contributed by atoms with Crippen LogP contribution in [0, 0.1) is 0 Å². The number of para-hydroxylation sites is 1. The number of hydrogen-bond donors (Lipinski definition) is 3. The molecule has 3 nitrogen and oxygen atoms in total. The molecule has 80 valence electrons. The molecule has 0 aliphatic heterocycles. The smallest absolute Gasteiger partial charge is 0.257 e. The predicted molar refractivity (Wildman–Crippen MR) is 50.0 cm³/mol. The molecule has 0 amide bonds. The fourth-order valence-corrected chi connectivity index (χ4v) is 0.953. The maximum Gasteiger partial charge on any atom is 0.257 e. The summed E-state index contributed by atoms with van der Waals surface area (Å²) < 4.78 is 24.2. The van der Waals surface area contributed by atoms with Crippen molar-refractivity contribution in [1.82, 2.24) is 0 Å². The Kier molecular flexibility index (Phi) is 4.59. The predicted octanol–water partition coefficient (Wildman–Crippen LogP) is 1.78. The summed E-state index contributed by atoms with van der Waals surface area (Å²) in [5.74, 6) is -1.04. The summed E-state index contributed by atoms with van der Waals surface area (Å²) in [6.45, 7) is 0. The minimum atomic E-state index is -2.77. The average molecular weight is 226 g/mol. The van der Waals surface area contributed by atoms with Crippen molar-refractivity contribution in [3.05, 3.63) is 23.8 Å². The van der Waals surface area contributed by atoms with Crippen LogP contribution in [-0.4, -0.2) is 16.6 Å². The maximum absolute atomic E-state index is 12.1. The second kappa shape index (κ2) is 4.97. The lowest BCUT2D eigenvalue weighted by Crippen LogP contribution is -2.18. The zero-order valence-electron chi connectivity index (χ0n) is 7.02. The summed E-state index contributed by atoms with van der Waals surface area (Å²) in [5, 5.41) is 18.1. The molecule has 1 atom stereocenters.